The van der Waals surface area contributed by atoms with Crippen LogP contribution in [0.4, 0.5) is 0 Å². The largest absolute Gasteiger partial charge is 0.0842 e. The lowest BCUT2D eigenvalue weighted by atomic mass is 10.0. The molecule has 1 rings (SSSR count). The van der Waals surface area contributed by atoms with Crippen molar-refractivity contribution in [2.75, 3.05) is 0 Å². The Labute approximate surface area is 76.8 Å². The van der Waals surface area contributed by atoms with Crippen LogP contribution in [0.5, 0.6) is 0 Å². The number of benzene rings is 1. The smallest absolute Gasteiger partial charge is 0.0369 e. The van der Waals surface area contributed by atoms with Crippen molar-refractivity contribution in [1.82, 2.24) is 0 Å². The van der Waals surface area contributed by atoms with Crippen molar-refractivity contribution in [2.45, 2.75) is 25.6 Å². The molecule has 0 unspecified atom stereocenters. The SMILES string of the molecule is Cc1ccc(C)c([C@@H](C)Br)c1. The molecule has 60 valence electrons. The van der Waals surface area contributed by atoms with Gasteiger partial charge >= 0.3 is 0 Å². The summed E-state index contributed by atoms with van der Waals surface area (Å²) in [6.45, 7) is 6.42. The lowest BCUT2D eigenvalue weighted by molar-refractivity contribution is 1.09. The van der Waals surface area contributed by atoms with Crippen molar-refractivity contribution in [1.29, 1.82) is 0 Å². The second-order valence-electron chi connectivity index (χ2n) is 2.98. The molecular formula is C10H13Br. The summed E-state index contributed by atoms with van der Waals surface area (Å²) in [6.07, 6.45) is 0. The first-order valence-corrected chi connectivity index (χ1v) is 4.74. The minimum atomic E-state index is 0.461. The Morgan fingerprint density at radius 1 is 1.27 bits per heavy atom. The number of hydrogen-bond donors (Lipinski definition) is 0. The van der Waals surface area contributed by atoms with E-state index >= 15 is 0 Å². The number of hydrogen-bond acceptors (Lipinski definition) is 0. The predicted octanol–water partition coefficient (Wildman–Crippen LogP) is 3.76. The summed E-state index contributed by atoms with van der Waals surface area (Å²) < 4.78 is 0. The summed E-state index contributed by atoms with van der Waals surface area (Å²) in [6, 6.07) is 6.55. The van der Waals surface area contributed by atoms with E-state index in [0.717, 1.165) is 0 Å². The van der Waals surface area contributed by atoms with Gasteiger partial charge in [0.1, 0.15) is 0 Å². The molecule has 0 spiro atoms. The van der Waals surface area contributed by atoms with Crippen LogP contribution < -0.4 is 0 Å². The molecule has 0 saturated carbocycles. The van der Waals surface area contributed by atoms with Gasteiger partial charge in [0.15, 0.2) is 0 Å². The van der Waals surface area contributed by atoms with Gasteiger partial charge in [0.25, 0.3) is 0 Å². The van der Waals surface area contributed by atoms with Crippen LogP contribution in [0, 0.1) is 13.8 Å². The zero-order valence-electron chi connectivity index (χ0n) is 7.19. The van der Waals surface area contributed by atoms with Gasteiger partial charge < -0.3 is 0 Å². The minimum absolute atomic E-state index is 0.461. The van der Waals surface area contributed by atoms with Gasteiger partial charge in [-0.15, -0.1) is 0 Å². The molecule has 1 aromatic carbocycles. The molecule has 0 nitrogen and oxygen atoms in total. The maximum atomic E-state index is 3.57. The number of aryl methyl sites for hydroxylation is 2. The van der Waals surface area contributed by atoms with Crippen LogP contribution in [0.15, 0.2) is 18.2 Å². The molecule has 1 atom stereocenters. The Hall–Kier alpha value is -0.300. The highest BCUT2D eigenvalue weighted by Gasteiger charge is 2.03. The standard InChI is InChI=1S/C10H13Br/c1-7-4-5-8(2)10(6-7)9(3)11/h4-6,9H,1-3H3/t9-/m1/s1. The third-order valence-electron chi connectivity index (χ3n) is 1.86. The molecule has 0 aliphatic heterocycles. The van der Waals surface area contributed by atoms with Gasteiger partial charge in [0.2, 0.25) is 0 Å². The Morgan fingerprint density at radius 3 is 2.36 bits per heavy atom. The maximum Gasteiger partial charge on any atom is 0.0369 e. The topological polar surface area (TPSA) is 0 Å². The molecule has 0 aliphatic carbocycles. The van der Waals surface area contributed by atoms with Gasteiger partial charge in [-0.3, -0.25) is 0 Å². The molecule has 0 bridgehead atoms. The van der Waals surface area contributed by atoms with Crippen LogP contribution in [0.25, 0.3) is 0 Å². The maximum absolute atomic E-state index is 3.57. The Kier molecular flexibility index (Phi) is 2.72. The highest BCUT2D eigenvalue weighted by molar-refractivity contribution is 9.09. The zero-order chi connectivity index (χ0) is 8.43. The normalized spacial score (nSPS) is 13.1. The summed E-state index contributed by atoms with van der Waals surface area (Å²) >= 11 is 3.57. The molecule has 0 saturated heterocycles. The number of halogens is 1. The van der Waals surface area contributed by atoms with E-state index < -0.39 is 0 Å². The van der Waals surface area contributed by atoms with E-state index in [1.165, 1.54) is 16.7 Å². The average molecular weight is 213 g/mol. The zero-order valence-corrected chi connectivity index (χ0v) is 8.77. The number of alkyl halides is 1. The van der Waals surface area contributed by atoms with Crippen LogP contribution in [0.2, 0.25) is 0 Å². The van der Waals surface area contributed by atoms with Crippen molar-refractivity contribution < 1.29 is 0 Å². The van der Waals surface area contributed by atoms with Crippen LogP contribution in [-0.2, 0) is 0 Å². The van der Waals surface area contributed by atoms with Crippen molar-refractivity contribution in [3.63, 3.8) is 0 Å². The summed E-state index contributed by atoms with van der Waals surface area (Å²) in [4.78, 5) is 0.461. The Bertz CT molecular complexity index is 251. The summed E-state index contributed by atoms with van der Waals surface area (Å²) in [5, 5.41) is 0. The second kappa shape index (κ2) is 3.40. The fourth-order valence-electron chi connectivity index (χ4n) is 1.19. The van der Waals surface area contributed by atoms with E-state index in [-0.39, 0.29) is 0 Å². The molecule has 11 heavy (non-hydrogen) atoms. The van der Waals surface area contributed by atoms with Crippen molar-refractivity contribution >= 4 is 15.9 Å². The van der Waals surface area contributed by atoms with E-state index in [4.69, 9.17) is 0 Å². The first-order chi connectivity index (χ1) is 5.11. The lowest BCUT2D eigenvalue weighted by Crippen LogP contribution is -1.89. The molecule has 0 radical (unpaired) electrons. The fraction of sp³-hybridized carbons (Fsp3) is 0.400. The van der Waals surface area contributed by atoms with Gasteiger partial charge in [-0.2, -0.15) is 0 Å². The van der Waals surface area contributed by atoms with Gasteiger partial charge in [0.05, 0.1) is 0 Å². The van der Waals surface area contributed by atoms with Crippen molar-refractivity contribution in [3.8, 4) is 0 Å². The van der Waals surface area contributed by atoms with Gasteiger partial charge in [-0.05, 0) is 31.9 Å². The molecule has 0 aliphatic rings. The van der Waals surface area contributed by atoms with E-state index in [9.17, 15) is 0 Å². The second-order valence-corrected chi connectivity index (χ2v) is 4.35. The molecule has 1 heteroatoms. The first-order valence-electron chi connectivity index (χ1n) is 3.82. The molecule has 0 fully saturated rings. The fourth-order valence-corrected chi connectivity index (χ4v) is 1.68. The average Bonchev–Trinajstić information content (AvgIpc) is 1.94. The van der Waals surface area contributed by atoms with E-state index in [0.29, 0.717) is 4.83 Å². The third-order valence-corrected chi connectivity index (χ3v) is 2.36. The highest BCUT2D eigenvalue weighted by atomic mass is 79.9. The minimum Gasteiger partial charge on any atom is -0.0842 e. The monoisotopic (exact) mass is 212 g/mol. The van der Waals surface area contributed by atoms with Crippen LogP contribution in [0.1, 0.15) is 28.4 Å². The molecule has 1 aromatic rings. The molecular weight excluding hydrogens is 200 g/mol. The van der Waals surface area contributed by atoms with Crippen LogP contribution >= 0.6 is 15.9 Å². The van der Waals surface area contributed by atoms with Crippen LogP contribution in [0.3, 0.4) is 0 Å². The third kappa shape index (κ3) is 2.06. The first kappa shape index (κ1) is 8.79. The molecule has 0 aromatic heterocycles. The van der Waals surface area contributed by atoms with Gasteiger partial charge in [-0.1, -0.05) is 39.7 Å². The summed E-state index contributed by atoms with van der Waals surface area (Å²) in [5.74, 6) is 0. The van der Waals surface area contributed by atoms with Crippen molar-refractivity contribution in [2.24, 2.45) is 0 Å². The number of rotatable bonds is 1. The molecule has 0 heterocycles. The molecule has 0 N–H and O–H groups in total. The predicted molar refractivity (Wildman–Crippen MR) is 53.3 cm³/mol. The Morgan fingerprint density at radius 2 is 1.91 bits per heavy atom. The lowest BCUT2D eigenvalue weighted by Gasteiger charge is -2.08. The van der Waals surface area contributed by atoms with E-state index in [1.807, 2.05) is 0 Å². The molecule has 0 amide bonds. The van der Waals surface area contributed by atoms with Crippen molar-refractivity contribution in [3.05, 3.63) is 34.9 Å². The summed E-state index contributed by atoms with van der Waals surface area (Å²) in [5.41, 5.74) is 4.09. The van der Waals surface area contributed by atoms with Crippen LogP contribution in [-0.4, -0.2) is 0 Å². The summed E-state index contributed by atoms with van der Waals surface area (Å²) in [7, 11) is 0. The highest BCUT2D eigenvalue weighted by Crippen LogP contribution is 2.25. The van der Waals surface area contributed by atoms with Gasteiger partial charge in [-0.25, -0.2) is 0 Å². The van der Waals surface area contributed by atoms with Gasteiger partial charge in [0, 0.05) is 4.83 Å². The van der Waals surface area contributed by atoms with E-state index in [2.05, 4.69) is 54.9 Å². The Balaban J connectivity index is 3.13. The van der Waals surface area contributed by atoms with E-state index in [1.54, 1.807) is 0 Å². The quantitative estimate of drug-likeness (QED) is 0.623.